The molecule has 0 saturated carbocycles. The van der Waals surface area contributed by atoms with Gasteiger partial charge in [0.2, 0.25) is 0 Å². The van der Waals surface area contributed by atoms with Gasteiger partial charge in [-0.1, -0.05) is 72.8 Å². The van der Waals surface area contributed by atoms with Gasteiger partial charge in [-0.05, 0) is 24.1 Å². The molecule has 1 aliphatic heterocycles. The van der Waals surface area contributed by atoms with Gasteiger partial charge in [-0.2, -0.15) is 0 Å². The molecule has 0 saturated heterocycles. The number of hydrogen-bond donors (Lipinski definition) is 0. The van der Waals surface area contributed by atoms with E-state index in [2.05, 4.69) is 24.0 Å². The molecule has 124 valence electrons. The molecule has 24 heavy (non-hydrogen) atoms. The first-order valence-corrected chi connectivity index (χ1v) is 9.22. The molecule has 0 bridgehead atoms. The van der Waals surface area contributed by atoms with Crippen LogP contribution >= 0.6 is 23.4 Å². The number of amidine groups is 1. The summed E-state index contributed by atoms with van der Waals surface area (Å²) in [6.07, 6.45) is 0.783. The lowest BCUT2D eigenvalue weighted by Gasteiger charge is -2.23. The third-order valence-corrected chi connectivity index (χ3v) is 5.28. The Labute approximate surface area is 151 Å². The monoisotopic (exact) mass is 358 g/mol. The predicted molar refractivity (Wildman–Crippen MR) is 102 cm³/mol. The molecular formula is C19H19ClN2OS. The highest BCUT2D eigenvalue weighted by Crippen LogP contribution is 2.26. The van der Waals surface area contributed by atoms with Crippen LogP contribution in [0.2, 0.25) is 5.02 Å². The van der Waals surface area contributed by atoms with Crippen LogP contribution in [0.4, 0.5) is 0 Å². The standard InChI is InChI=1S/C19H19ClN2OS/c1-14-13-21-19(24-14)22(12-11-15-7-3-2-4-8-15)18(23)16-9-5-6-10-17(16)20/h2-10,14H,11-13H2,1H3/t14-/m1/s1. The summed E-state index contributed by atoms with van der Waals surface area (Å²) < 4.78 is 0. The Bertz CT molecular complexity index is 748. The van der Waals surface area contributed by atoms with E-state index in [-0.39, 0.29) is 5.91 Å². The number of thioether (sulfide) groups is 1. The maximum Gasteiger partial charge on any atom is 0.261 e. The van der Waals surface area contributed by atoms with Gasteiger partial charge in [0, 0.05) is 11.8 Å². The largest absolute Gasteiger partial charge is 0.287 e. The Morgan fingerprint density at radius 2 is 1.92 bits per heavy atom. The lowest BCUT2D eigenvalue weighted by Crippen LogP contribution is -2.36. The second-order valence-electron chi connectivity index (χ2n) is 5.72. The minimum Gasteiger partial charge on any atom is -0.287 e. The molecule has 0 N–H and O–H groups in total. The molecule has 0 aliphatic carbocycles. The van der Waals surface area contributed by atoms with Crippen molar-refractivity contribution in [3.05, 3.63) is 70.7 Å². The SMILES string of the molecule is C[C@@H]1CN=C(N(CCc2ccccc2)C(=O)c2ccccc2Cl)S1. The van der Waals surface area contributed by atoms with E-state index in [1.165, 1.54) is 5.56 Å². The fraction of sp³-hybridized carbons (Fsp3) is 0.263. The van der Waals surface area contributed by atoms with Crippen LogP contribution in [0.5, 0.6) is 0 Å². The van der Waals surface area contributed by atoms with Gasteiger partial charge in [0.15, 0.2) is 5.17 Å². The molecule has 1 atom stereocenters. The first-order chi connectivity index (χ1) is 11.6. The van der Waals surface area contributed by atoms with E-state index in [1.807, 2.05) is 30.3 Å². The summed E-state index contributed by atoms with van der Waals surface area (Å²) in [6, 6.07) is 17.3. The van der Waals surface area contributed by atoms with Crippen LogP contribution in [0.3, 0.4) is 0 Å². The maximum atomic E-state index is 13.0. The normalized spacial score (nSPS) is 16.8. The minimum absolute atomic E-state index is 0.0862. The Kier molecular flexibility index (Phi) is 5.59. The maximum absolute atomic E-state index is 13.0. The van der Waals surface area contributed by atoms with Gasteiger partial charge in [0.1, 0.15) is 0 Å². The number of benzene rings is 2. The Hall–Kier alpha value is -1.78. The summed E-state index contributed by atoms with van der Waals surface area (Å²) in [5.41, 5.74) is 1.72. The Morgan fingerprint density at radius 3 is 2.58 bits per heavy atom. The molecule has 1 aliphatic rings. The summed E-state index contributed by atoms with van der Waals surface area (Å²) in [4.78, 5) is 19.3. The van der Waals surface area contributed by atoms with Gasteiger partial charge in [-0.3, -0.25) is 14.7 Å². The molecule has 3 rings (SSSR count). The van der Waals surface area contributed by atoms with Gasteiger partial charge in [0.05, 0.1) is 17.1 Å². The molecule has 0 fully saturated rings. The van der Waals surface area contributed by atoms with Crippen LogP contribution in [-0.4, -0.2) is 34.3 Å². The van der Waals surface area contributed by atoms with Crippen molar-refractivity contribution in [3.8, 4) is 0 Å². The highest BCUT2D eigenvalue weighted by molar-refractivity contribution is 8.14. The summed E-state index contributed by atoms with van der Waals surface area (Å²) in [7, 11) is 0. The van der Waals surface area contributed by atoms with E-state index < -0.39 is 0 Å². The molecule has 2 aromatic carbocycles. The van der Waals surface area contributed by atoms with Crippen molar-refractivity contribution in [1.29, 1.82) is 0 Å². The average molecular weight is 359 g/mol. The van der Waals surface area contributed by atoms with Crippen LogP contribution in [0.15, 0.2) is 59.6 Å². The van der Waals surface area contributed by atoms with Crippen molar-refractivity contribution < 1.29 is 4.79 Å². The van der Waals surface area contributed by atoms with E-state index in [0.717, 1.165) is 18.1 Å². The van der Waals surface area contributed by atoms with Crippen molar-refractivity contribution in [2.75, 3.05) is 13.1 Å². The summed E-state index contributed by atoms with van der Waals surface area (Å²) in [5.74, 6) is -0.0862. The van der Waals surface area contributed by atoms with Gasteiger partial charge < -0.3 is 0 Å². The minimum atomic E-state index is -0.0862. The van der Waals surface area contributed by atoms with Crippen molar-refractivity contribution in [1.82, 2.24) is 4.90 Å². The number of hydrogen-bond acceptors (Lipinski definition) is 3. The molecule has 1 heterocycles. The molecule has 5 heteroatoms. The zero-order valence-corrected chi connectivity index (χ0v) is 15.1. The molecule has 0 radical (unpaired) electrons. The number of nitrogens with zero attached hydrogens (tertiary/aromatic N) is 2. The topological polar surface area (TPSA) is 32.7 Å². The van der Waals surface area contributed by atoms with Crippen LogP contribution in [0.1, 0.15) is 22.8 Å². The molecule has 3 nitrogen and oxygen atoms in total. The van der Waals surface area contributed by atoms with Crippen LogP contribution in [0.25, 0.3) is 0 Å². The zero-order chi connectivity index (χ0) is 16.9. The molecule has 0 aromatic heterocycles. The predicted octanol–water partition coefficient (Wildman–Crippen LogP) is 4.52. The lowest BCUT2D eigenvalue weighted by atomic mass is 10.1. The fourth-order valence-corrected chi connectivity index (χ4v) is 3.74. The highest BCUT2D eigenvalue weighted by Gasteiger charge is 2.27. The summed E-state index contributed by atoms with van der Waals surface area (Å²) in [5, 5.41) is 1.67. The van der Waals surface area contributed by atoms with Crippen molar-refractivity contribution >= 4 is 34.4 Å². The second kappa shape index (κ2) is 7.86. The molecular weight excluding hydrogens is 340 g/mol. The van der Waals surface area contributed by atoms with Crippen molar-refractivity contribution in [3.63, 3.8) is 0 Å². The first kappa shape index (κ1) is 17.1. The summed E-state index contributed by atoms with van der Waals surface area (Å²) in [6.45, 7) is 3.46. The second-order valence-corrected chi connectivity index (χ2v) is 7.54. The smallest absolute Gasteiger partial charge is 0.261 e. The zero-order valence-electron chi connectivity index (χ0n) is 13.5. The lowest BCUT2D eigenvalue weighted by molar-refractivity contribution is 0.0851. The highest BCUT2D eigenvalue weighted by atomic mass is 35.5. The Morgan fingerprint density at radius 1 is 1.21 bits per heavy atom. The number of carbonyl (C=O) groups excluding carboxylic acids is 1. The van der Waals surface area contributed by atoms with E-state index in [9.17, 15) is 4.79 Å². The molecule has 1 amide bonds. The first-order valence-electron chi connectivity index (χ1n) is 7.96. The third kappa shape index (κ3) is 4.00. The van der Waals surface area contributed by atoms with Gasteiger partial charge in [0.25, 0.3) is 5.91 Å². The number of halogens is 1. The number of rotatable bonds is 4. The molecule has 0 unspecified atom stereocenters. The number of carbonyl (C=O) groups is 1. The Balaban J connectivity index is 1.82. The van der Waals surface area contributed by atoms with Crippen LogP contribution in [0, 0.1) is 0 Å². The van der Waals surface area contributed by atoms with Crippen molar-refractivity contribution in [2.24, 2.45) is 4.99 Å². The van der Waals surface area contributed by atoms with Crippen LogP contribution in [-0.2, 0) is 6.42 Å². The van der Waals surface area contributed by atoms with E-state index >= 15 is 0 Å². The van der Waals surface area contributed by atoms with Gasteiger partial charge in [-0.15, -0.1) is 0 Å². The van der Waals surface area contributed by atoms with Crippen molar-refractivity contribution in [2.45, 2.75) is 18.6 Å². The van der Waals surface area contributed by atoms with Crippen LogP contribution < -0.4 is 0 Å². The van der Waals surface area contributed by atoms with E-state index in [1.54, 1.807) is 28.8 Å². The van der Waals surface area contributed by atoms with E-state index in [4.69, 9.17) is 11.6 Å². The third-order valence-electron chi connectivity index (χ3n) is 3.84. The number of aliphatic imine (C=N–C) groups is 1. The fourth-order valence-electron chi connectivity index (χ4n) is 2.56. The number of amides is 1. The molecule has 0 spiro atoms. The van der Waals surface area contributed by atoms with Gasteiger partial charge >= 0.3 is 0 Å². The summed E-state index contributed by atoms with van der Waals surface area (Å²) >= 11 is 7.87. The quantitative estimate of drug-likeness (QED) is 0.805. The van der Waals surface area contributed by atoms with Gasteiger partial charge in [-0.25, -0.2) is 0 Å². The molecule has 2 aromatic rings. The average Bonchev–Trinajstić information content (AvgIpc) is 3.02. The van der Waals surface area contributed by atoms with E-state index in [0.29, 0.717) is 22.4 Å².